The first-order valence-corrected chi connectivity index (χ1v) is 7.75. The van der Waals surface area contributed by atoms with E-state index in [1.54, 1.807) is 31.2 Å². The normalized spacial score (nSPS) is 11.3. The maximum Gasteiger partial charge on any atom is 0.262 e. The van der Waals surface area contributed by atoms with Crippen LogP contribution in [0.5, 0.6) is 5.75 Å². The van der Waals surface area contributed by atoms with Crippen LogP contribution in [0.1, 0.15) is 5.56 Å². The quantitative estimate of drug-likeness (QED) is 0.842. The van der Waals surface area contributed by atoms with Gasteiger partial charge in [0.1, 0.15) is 5.75 Å². The number of sulfonamides is 1. The van der Waals surface area contributed by atoms with Gasteiger partial charge in [-0.05, 0) is 36.8 Å². The van der Waals surface area contributed by atoms with Crippen molar-refractivity contribution >= 4 is 31.6 Å². The van der Waals surface area contributed by atoms with Crippen LogP contribution < -0.4 is 4.72 Å². The number of hydrogen-bond donors (Lipinski definition) is 2. The number of hydrogen-bond acceptors (Lipinski definition) is 3. The summed E-state index contributed by atoms with van der Waals surface area (Å²) in [5, 5.41) is 9.61. The second-order valence-corrected chi connectivity index (χ2v) is 6.60. The molecule has 0 aliphatic rings. The van der Waals surface area contributed by atoms with E-state index in [9.17, 15) is 13.5 Å². The van der Waals surface area contributed by atoms with E-state index in [-0.39, 0.29) is 16.3 Å². The van der Waals surface area contributed by atoms with Gasteiger partial charge in [-0.2, -0.15) is 0 Å². The van der Waals surface area contributed by atoms with Crippen molar-refractivity contribution in [3.63, 3.8) is 0 Å². The van der Waals surface area contributed by atoms with Crippen LogP contribution in [0.2, 0.25) is 0 Å². The zero-order valence-corrected chi connectivity index (χ0v) is 12.5. The fourth-order valence-corrected chi connectivity index (χ4v) is 3.48. The summed E-state index contributed by atoms with van der Waals surface area (Å²) in [6.45, 7) is 1.71. The SMILES string of the molecule is Cc1ccc(Br)cc1S(=O)(=O)Nc1ccccc1O. The van der Waals surface area contributed by atoms with Gasteiger partial charge in [-0.15, -0.1) is 0 Å². The minimum atomic E-state index is -3.73. The average molecular weight is 342 g/mol. The molecule has 2 aromatic carbocycles. The lowest BCUT2D eigenvalue weighted by Crippen LogP contribution is -2.14. The third-order valence-corrected chi connectivity index (χ3v) is 4.59. The third-order valence-electron chi connectivity index (χ3n) is 2.59. The molecule has 6 heteroatoms. The summed E-state index contributed by atoms with van der Waals surface area (Å²) in [5.74, 6) is -0.112. The average Bonchev–Trinajstić information content (AvgIpc) is 2.35. The van der Waals surface area contributed by atoms with E-state index in [0.717, 1.165) is 0 Å². The molecule has 2 rings (SSSR count). The summed E-state index contributed by atoms with van der Waals surface area (Å²) in [6, 6.07) is 11.2. The predicted molar refractivity (Wildman–Crippen MR) is 77.8 cm³/mol. The van der Waals surface area contributed by atoms with Crippen molar-refractivity contribution in [3.05, 3.63) is 52.5 Å². The lowest BCUT2D eigenvalue weighted by Gasteiger charge is -2.11. The van der Waals surface area contributed by atoms with E-state index < -0.39 is 10.0 Å². The Bertz CT molecular complexity index is 714. The number of phenolic OH excluding ortho intramolecular Hbond substituents is 1. The lowest BCUT2D eigenvalue weighted by atomic mass is 10.2. The molecule has 0 spiro atoms. The first-order valence-electron chi connectivity index (χ1n) is 5.47. The standard InChI is InChI=1S/C13H12BrNO3S/c1-9-6-7-10(14)8-13(9)19(17,18)15-11-4-2-3-5-12(11)16/h2-8,15-16H,1H3. The van der Waals surface area contributed by atoms with Crippen molar-refractivity contribution < 1.29 is 13.5 Å². The number of rotatable bonds is 3. The molecule has 2 N–H and O–H groups in total. The van der Waals surface area contributed by atoms with E-state index >= 15 is 0 Å². The molecule has 4 nitrogen and oxygen atoms in total. The second kappa shape index (κ2) is 5.22. The first kappa shape index (κ1) is 13.9. The Balaban J connectivity index is 2.44. The van der Waals surface area contributed by atoms with E-state index in [1.807, 2.05) is 0 Å². The molecule has 0 radical (unpaired) electrons. The van der Waals surface area contributed by atoms with Crippen LogP contribution in [0.25, 0.3) is 0 Å². The Morgan fingerprint density at radius 1 is 1.16 bits per heavy atom. The van der Waals surface area contributed by atoms with Crippen molar-refractivity contribution in [2.75, 3.05) is 4.72 Å². The molecule has 0 saturated heterocycles. The molecule has 0 bridgehead atoms. The predicted octanol–water partition coefficient (Wildman–Crippen LogP) is 3.26. The van der Waals surface area contributed by atoms with Crippen molar-refractivity contribution in [1.29, 1.82) is 0 Å². The highest BCUT2D eigenvalue weighted by molar-refractivity contribution is 9.10. The summed E-state index contributed by atoms with van der Waals surface area (Å²) in [5.41, 5.74) is 0.785. The van der Waals surface area contributed by atoms with E-state index in [2.05, 4.69) is 20.7 Å². The highest BCUT2D eigenvalue weighted by Crippen LogP contribution is 2.27. The molecular weight excluding hydrogens is 330 g/mol. The monoisotopic (exact) mass is 341 g/mol. The van der Waals surface area contributed by atoms with Gasteiger partial charge in [-0.3, -0.25) is 4.72 Å². The summed E-state index contributed by atoms with van der Waals surface area (Å²) < 4.78 is 27.6. The van der Waals surface area contributed by atoms with Gasteiger partial charge in [0.15, 0.2) is 0 Å². The van der Waals surface area contributed by atoms with Gasteiger partial charge in [0.25, 0.3) is 10.0 Å². The maximum atomic E-state index is 12.3. The number of nitrogens with one attached hydrogen (secondary N) is 1. The molecule has 0 saturated carbocycles. The van der Waals surface area contributed by atoms with E-state index in [0.29, 0.717) is 10.0 Å². The Labute approximate surface area is 120 Å². The van der Waals surface area contributed by atoms with Gasteiger partial charge in [0, 0.05) is 4.47 Å². The summed E-state index contributed by atoms with van der Waals surface area (Å²) >= 11 is 3.25. The van der Waals surface area contributed by atoms with Gasteiger partial charge in [0.2, 0.25) is 0 Å². The largest absolute Gasteiger partial charge is 0.506 e. The zero-order chi connectivity index (χ0) is 14.0. The second-order valence-electron chi connectivity index (χ2n) is 4.03. The number of anilines is 1. The Morgan fingerprint density at radius 2 is 1.84 bits per heavy atom. The fourth-order valence-electron chi connectivity index (χ4n) is 1.62. The third kappa shape index (κ3) is 3.08. The van der Waals surface area contributed by atoms with Crippen LogP contribution in [-0.4, -0.2) is 13.5 Å². The van der Waals surface area contributed by atoms with Crippen LogP contribution in [0.3, 0.4) is 0 Å². The van der Waals surface area contributed by atoms with Gasteiger partial charge < -0.3 is 5.11 Å². The summed E-state index contributed by atoms with van der Waals surface area (Å²) in [7, 11) is -3.73. The van der Waals surface area contributed by atoms with Crippen LogP contribution in [-0.2, 0) is 10.0 Å². The van der Waals surface area contributed by atoms with Gasteiger partial charge >= 0.3 is 0 Å². The number of phenols is 1. The Hall–Kier alpha value is -1.53. The Morgan fingerprint density at radius 3 is 2.53 bits per heavy atom. The molecule has 19 heavy (non-hydrogen) atoms. The number of aromatic hydroxyl groups is 1. The van der Waals surface area contributed by atoms with Crippen molar-refractivity contribution in [3.8, 4) is 5.75 Å². The highest BCUT2D eigenvalue weighted by Gasteiger charge is 2.18. The molecule has 0 unspecified atom stereocenters. The first-order chi connectivity index (χ1) is 8.90. The summed E-state index contributed by atoms with van der Waals surface area (Å²) in [4.78, 5) is 0.171. The van der Waals surface area contributed by atoms with Gasteiger partial charge in [0.05, 0.1) is 10.6 Å². The maximum absolute atomic E-state index is 12.3. The fraction of sp³-hybridized carbons (Fsp3) is 0.0769. The minimum absolute atomic E-state index is 0.112. The molecule has 0 fully saturated rings. The molecule has 0 aromatic heterocycles. The molecule has 0 aliphatic heterocycles. The summed E-state index contributed by atoms with van der Waals surface area (Å²) in [6.07, 6.45) is 0. The number of aryl methyl sites for hydroxylation is 1. The van der Waals surface area contributed by atoms with E-state index in [4.69, 9.17) is 0 Å². The highest BCUT2D eigenvalue weighted by atomic mass is 79.9. The van der Waals surface area contributed by atoms with Crippen LogP contribution in [0.15, 0.2) is 51.8 Å². The smallest absolute Gasteiger partial charge is 0.262 e. The number of halogens is 1. The lowest BCUT2D eigenvalue weighted by molar-refractivity contribution is 0.477. The number of benzene rings is 2. The van der Waals surface area contributed by atoms with Crippen molar-refractivity contribution in [1.82, 2.24) is 0 Å². The topological polar surface area (TPSA) is 66.4 Å². The molecular formula is C13H12BrNO3S. The molecule has 100 valence electrons. The van der Waals surface area contributed by atoms with E-state index in [1.165, 1.54) is 18.2 Å². The van der Waals surface area contributed by atoms with Crippen LogP contribution in [0, 0.1) is 6.92 Å². The van der Waals surface area contributed by atoms with Gasteiger partial charge in [-0.25, -0.2) is 8.42 Å². The molecule has 0 amide bonds. The van der Waals surface area contributed by atoms with Crippen LogP contribution >= 0.6 is 15.9 Å². The zero-order valence-electron chi connectivity index (χ0n) is 10.1. The van der Waals surface area contributed by atoms with Crippen molar-refractivity contribution in [2.24, 2.45) is 0 Å². The Kier molecular flexibility index (Phi) is 3.82. The number of para-hydroxylation sites is 2. The van der Waals surface area contributed by atoms with Gasteiger partial charge in [-0.1, -0.05) is 34.1 Å². The molecule has 0 atom stereocenters. The van der Waals surface area contributed by atoms with Crippen LogP contribution in [0.4, 0.5) is 5.69 Å². The minimum Gasteiger partial charge on any atom is -0.506 e. The van der Waals surface area contributed by atoms with Crippen molar-refractivity contribution in [2.45, 2.75) is 11.8 Å². The molecule has 0 heterocycles. The molecule has 2 aromatic rings. The molecule has 0 aliphatic carbocycles.